The molecule has 29 heavy (non-hydrogen) atoms. The Morgan fingerprint density at radius 2 is 1.97 bits per heavy atom. The molecule has 0 aliphatic carbocycles. The summed E-state index contributed by atoms with van der Waals surface area (Å²) in [6.07, 6.45) is -4.74. The predicted molar refractivity (Wildman–Crippen MR) is 97.2 cm³/mol. The molecule has 4 rings (SSSR count). The molecule has 2 N–H and O–H groups in total. The standard InChI is InChI=1S/C17H19F4N7O/c1-9-8-29-3-2-28(9)16-24-12(4-13(25-16)27-6-10(18)7-27)11-5-23-15(22)26-14(11)17(19,20)21/h4-5,9-10H,2-3,6-8H2,1H3,(H2,22,23,26)/t9-/m0/s1. The van der Waals surface area contributed by atoms with Gasteiger partial charge in [-0.3, -0.25) is 0 Å². The van der Waals surface area contributed by atoms with Crippen LogP contribution in [0.25, 0.3) is 11.3 Å². The first-order chi connectivity index (χ1) is 13.7. The lowest BCUT2D eigenvalue weighted by molar-refractivity contribution is -0.140. The quantitative estimate of drug-likeness (QED) is 0.763. The van der Waals surface area contributed by atoms with Crippen LogP contribution in [0.1, 0.15) is 12.6 Å². The minimum Gasteiger partial charge on any atom is -0.377 e. The third kappa shape index (κ3) is 3.88. The van der Waals surface area contributed by atoms with Gasteiger partial charge in [-0.15, -0.1) is 0 Å². The predicted octanol–water partition coefficient (Wildman–Crippen LogP) is 1.92. The topological polar surface area (TPSA) is 93.3 Å². The van der Waals surface area contributed by atoms with Crippen LogP contribution >= 0.6 is 0 Å². The molecule has 2 aromatic rings. The summed E-state index contributed by atoms with van der Waals surface area (Å²) in [5.41, 5.74) is 3.87. The molecular formula is C17H19F4N7O. The Kier molecular flexibility index (Phi) is 4.89. The summed E-state index contributed by atoms with van der Waals surface area (Å²) < 4.78 is 59.4. The highest BCUT2D eigenvalue weighted by atomic mass is 19.4. The lowest BCUT2D eigenvalue weighted by Crippen LogP contribution is -2.49. The van der Waals surface area contributed by atoms with Gasteiger partial charge in [0, 0.05) is 24.4 Å². The van der Waals surface area contributed by atoms with Crippen molar-refractivity contribution in [2.75, 3.05) is 48.4 Å². The van der Waals surface area contributed by atoms with Crippen molar-refractivity contribution in [3.63, 3.8) is 0 Å². The summed E-state index contributed by atoms with van der Waals surface area (Å²) in [5.74, 6) is 0.114. The third-order valence-electron chi connectivity index (χ3n) is 4.84. The van der Waals surface area contributed by atoms with Crippen LogP contribution < -0.4 is 15.5 Å². The number of nitrogens with zero attached hydrogens (tertiary/aromatic N) is 6. The minimum absolute atomic E-state index is 0.00155. The number of alkyl halides is 4. The molecule has 0 aromatic carbocycles. The molecule has 0 saturated carbocycles. The Bertz CT molecular complexity index is 904. The van der Waals surface area contributed by atoms with Gasteiger partial charge in [0.05, 0.1) is 38.0 Å². The highest BCUT2D eigenvalue weighted by molar-refractivity contribution is 5.68. The fourth-order valence-corrected chi connectivity index (χ4v) is 3.29. The molecule has 0 amide bonds. The largest absolute Gasteiger partial charge is 0.434 e. The van der Waals surface area contributed by atoms with Crippen molar-refractivity contribution in [1.29, 1.82) is 0 Å². The van der Waals surface area contributed by atoms with Crippen molar-refractivity contribution in [2.24, 2.45) is 0 Å². The molecule has 4 heterocycles. The first kappa shape index (κ1) is 19.6. The molecule has 0 spiro atoms. The molecule has 0 radical (unpaired) electrons. The monoisotopic (exact) mass is 413 g/mol. The first-order valence-corrected chi connectivity index (χ1v) is 9.05. The Labute approximate surface area is 163 Å². The Balaban J connectivity index is 1.83. The van der Waals surface area contributed by atoms with E-state index in [4.69, 9.17) is 10.5 Å². The number of anilines is 3. The zero-order chi connectivity index (χ0) is 20.8. The minimum atomic E-state index is -4.75. The van der Waals surface area contributed by atoms with E-state index in [1.165, 1.54) is 6.07 Å². The first-order valence-electron chi connectivity index (χ1n) is 9.05. The molecule has 2 aromatic heterocycles. The molecule has 2 aliphatic rings. The fraction of sp³-hybridized carbons (Fsp3) is 0.529. The van der Waals surface area contributed by atoms with E-state index in [-0.39, 0.29) is 36.3 Å². The molecule has 2 saturated heterocycles. The number of ether oxygens (including phenoxy) is 1. The molecule has 0 unspecified atom stereocenters. The average molecular weight is 413 g/mol. The summed E-state index contributed by atoms with van der Waals surface area (Å²) in [7, 11) is 0. The van der Waals surface area contributed by atoms with Crippen molar-refractivity contribution in [2.45, 2.75) is 25.3 Å². The maximum atomic E-state index is 13.5. The van der Waals surface area contributed by atoms with E-state index in [9.17, 15) is 17.6 Å². The van der Waals surface area contributed by atoms with E-state index in [1.807, 2.05) is 11.8 Å². The summed E-state index contributed by atoms with van der Waals surface area (Å²) in [4.78, 5) is 19.4. The molecule has 156 valence electrons. The second-order valence-electron chi connectivity index (χ2n) is 7.02. The maximum Gasteiger partial charge on any atom is 0.434 e. The van der Waals surface area contributed by atoms with Crippen molar-refractivity contribution < 1.29 is 22.3 Å². The zero-order valence-corrected chi connectivity index (χ0v) is 15.5. The van der Waals surface area contributed by atoms with Gasteiger partial charge in [0.1, 0.15) is 12.0 Å². The van der Waals surface area contributed by atoms with Crippen LogP contribution in [0.4, 0.5) is 35.3 Å². The van der Waals surface area contributed by atoms with Crippen molar-refractivity contribution in [3.8, 4) is 11.3 Å². The molecule has 8 nitrogen and oxygen atoms in total. The lowest BCUT2D eigenvalue weighted by Gasteiger charge is -2.37. The number of halogens is 4. The highest BCUT2D eigenvalue weighted by Crippen LogP contribution is 2.37. The van der Waals surface area contributed by atoms with Gasteiger partial charge in [-0.1, -0.05) is 0 Å². The second kappa shape index (κ2) is 7.25. The molecule has 0 bridgehead atoms. The molecular weight excluding hydrogens is 394 g/mol. The van der Waals surface area contributed by atoms with Crippen LogP contribution in [0.15, 0.2) is 12.3 Å². The van der Waals surface area contributed by atoms with Gasteiger partial charge in [0.15, 0.2) is 5.69 Å². The molecule has 2 aliphatic heterocycles. The smallest absolute Gasteiger partial charge is 0.377 e. The van der Waals surface area contributed by atoms with Crippen molar-refractivity contribution in [3.05, 3.63) is 18.0 Å². The number of nitrogens with two attached hydrogens (primary N) is 1. The van der Waals surface area contributed by atoms with E-state index in [0.717, 1.165) is 6.20 Å². The number of hydrogen-bond acceptors (Lipinski definition) is 8. The SMILES string of the molecule is C[C@H]1COCCN1c1nc(-c2cnc(N)nc2C(F)(F)F)cc(N2CC(F)C2)n1. The number of hydrogen-bond donors (Lipinski definition) is 1. The zero-order valence-electron chi connectivity index (χ0n) is 15.5. The van der Waals surface area contributed by atoms with Crippen molar-refractivity contribution >= 4 is 17.7 Å². The summed E-state index contributed by atoms with van der Waals surface area (Å²) in [6.45, 7) is 3.53. The second-order valence-corrected chi connectivity index (χ2v) is 7.02. The Morgan fingerprint density at radius 1 is 1.21 bits per heavy atom. The Morgan fingerprint density at radius 3 is 2.62 bits per heavy atom. The van der Waals surface area contributed by atoms with Crippen LogP contribution in [0.2, 0.25) is 0 Å². The lowest BCUT2D eigenvalue weighted by atomic mass is 10.1. The number of nitrogen functional groups attached to an aromatic ring is 1. The van der Waals surface area contributed by atoms with Gasteiger partial charge in [-0.25, -0.2) is 19.3 Å². The van der Waals surface area contributed by atoms with E-state index >= 15 is 0 Å². The number of rotatable bonds is 3. The van der Waals surface area contributed by atoms with Crippen LogP contribution in [-0.4, -0.2) is 65.0 Å². The molecule has 2 fully saturated rings. The van der Waals surface area contributed by atoms with E-state index < -0.39 is 24.0 Å². The summed E-state index contributed by atoms with van der Waals surface area (Å²) in [5, 5.41) is 0. The summed E-state index contributed by atoms with van der Waals surface area (Å²) >= 11 is 0. The van der Waals surface area contributed by atoms with Gasteiger partial charge < -0.3 is 20.3 Å². The van der Waals surface area contributed by atoms with Gasteiger partial charge in [-0.05, 0) is 6.92 Å². The van der Waals surface area contributed by atoms with Crippen LogP contribution in [0.3, 0.4) is 0 Å². The van der Waals surface area contributed by atoms with Gasteiger partial charge in [0.25, 0.3) is 0 Å². The van der Waals surface area contributed by atoms with Gasteiger partial charge >= 0.3 is 6.18 Å². The van der Waals surface area contributed by atoms with Crippen molar-refractivity contribution in [1.82, 2.24) is 19.9 Å². The number of morpholine rings is 1. The fourth-order valence-electron chi connectivity index (χ4n) is 3.29. The Hall–Kier alpha value is -2.76. The molecule has 1 atom stereocenters. The van der Waals surface area contributed by atoms with Crippen LogP contribution in [0, 0.1) is 0 Å². The van der Waals surface area contributed by atoms with Gasteiger partial charge in [-0.2, -0.15) is 18.2 Å². The van der Waals surface area contributed by atoms with E-state index in [2.05, 4.69) is 19.9 Å². The van der Waals surface area contributed by atoms with Gasteiger partial charge in [0.2, 0.25) is 11.9 Å². The van der Waals surface area contributed by atoms with E-state index in [0.29, 0.717) is 25.6 Å². The third-order valence-corrected chi connectivity index (χ3v) is 4.84. The van der Waals surface area contributed by atoms with E-state index in [1.54, 1.807) is 4.90 Å². The normalized spacial score (nSPS) is 20.7. The highest BCUT2D eigenvalue weighted by Gasteiger charge is 2.38. The maximum absolute atomic E-state index is 13.5. The number of aromatic nitrogens is 4. The van der Waals surface area contributed by atoms with Crippen LogP contribution in [0.5, 0.6) is 0 Å². The summed E-state index contributed by atoms with van der Waals surface area (Å²) in [6, 6.07) is 1.33. The average Bonchev–Trinajstić information content (AvgIpc) is 2.65. The van der Waals surface area contributed by atoms with Crippen LogP contribution in [-0.2, 0) is 10.9 Å². The molecule has 12 heteroatoms.